The van der Waals surface area contributed by atoms with Crippen LogP contribution in [0.15, 0.2) is 43.2 Å². The van der Waals surface area contributed by atoms with E-state index in [0.717, 1.165) is 28.7 Å². The molecule has 29 heavy (non-hydrogen) atoms. The van der Waals surface area contributed by atoms with E-state index in [9.17, 15) is 0 Å². The Morgan fingerprint density at radius 2 is 1.69 bits per heavy atom. The molecule has 0 atom stereocenters. The van der Waals surface area contributed by atoms with Gasteiger partial charge in [-0.15, -0.1) is 6.58 Å². The van der Waals surface area contributed by atoms with Crippen molar-refractivity contribution in [2.24, 2.45) is 0 Å². The zero-order chi connectivity index (χ0) is 20.8. The second-order valence-corrected chi connectivity index (χ2v) is 6.26. The van der Waals surface area contributed by atoms with Crippen LogP contribution in [0.5, 0.6) is 23.0 Å². The molecule has 1 N–H and O–H groups in total. The van der Waals surface area contributed by atoms with Crippen LogP contribution in [0.3, 0.4) is 0 Å². The highest BCUT2D eigenvalue weighted by Gasteiger charge is 2.19. The number of ether oxygens (including phenoxy) is 4. The van der Waals surface area contributed by atoms with Crippen molar-refractivity contribution < 1.29 is 18.9 Å². The van der Waals surface area contributed by atoms with Crippen molar-refractivity contribution in [2.75, 3.05) is 33.8 Å². The summed E-state index contributed by atoms with van der Waals surface area (Å²) < 4.78 is 21.9. The summed E-state index contributed by atoms with van der Waals surface area (Å²) in [4.78, 5) is 8.78. The van der Waals surface area contributed by atoms with E-state index in [4.69, 9.17) is 18.9 Å². The van der Waals surface area contributed by atoms with Crippen molar-refractivity contribution in [1.82, 2.24) is 9.97 Å². The van der Waals surface area contributed by atoms with E-state index >= 15 is 0 Å². The summed E-state index contributed by atoms with van der Waals surface area (Å²) in [7, 11) is 6.39. The van der Waals surface area contributed by atoms with Crippen molar-refractivity contribution in [3.05, 3.63) is 54.4 Å². The lowest BCUT2D eigenvalue weighted by atomic mass is 10.1. The Balaban J connectivity index is 1.97. The molecule has 0 aliphatic heterocycles. The minimum absolute atomic E-state index is 0.497. The average Bonchev–Trinajstić information content (AvgIpc) is 2.76. The highest BCUT2D eigenvalue weighted by Crippen LogP contribution is 2.43. The first kappa shape index (κ1) is 20.3. The highest BCUT2D eigenvalue weighted by molar-refractivity contribution is 5.96. The number of hydrogen-bond donors (Lipinski definition) is 1. The molecule has 0 saturated heterocycles. The highest BCUT2D eigenvalue weighted by atomic mass is 16.5. The molecule has 0 spiro atoms. The molecule has 0 radical (unpaired) electrons. The molecule has 0 unspecified atom stereocenters. The first-order valence-corrected chi connectivity index (χ1v) is 9.11. The molecule has 3 rings (SSSR count). The summed E-state index contributed by atoms with van der Waals surface area (Å²) in [5.74, 6) is 3.08. The first-order chi connectivity index (χ1) is 14.2. The lowest BCUT2D eigenvalue weighted by molar-refractivity contribution is 0.327. The minimum atomic E-state index is 0.497. The van der Waals surface area contributed by atoms with Crippen molar-refractivity contribution in [2.45, 2.75) is 13.0 Å². The molecule has 7 heteroatoms. The summed E-state index contributed by atoms with van der Waals surface area (Å²) in [6.45, 7) is 4.39. The molecule has 0 aliphatic rings. The number of methoxy groups -OCH3 is 4. The zero-order valence-corrected chi connectivity index (χ0v) is 17.1. The number of nitrogens with zero attached hydrogens (tertiary/aromatic N) is 2. The van der Waals surface area contributed by atoms with Crippen molar-refractivity contribution in [3.63, 3.8) is 0 Å². The molecule has 0 bridgehead atoms. The number of fused-ring (bicyclic) bond motifs is 1. The van der Waals surface area contributed by atoms with Gasteiger partial charge in [0.05, 0.1) is 33.8 Å². The largest absolute Gasteiger partial charge is 0.496 e. The fourth-order valence-corrected chi connectivity index (χ4v) is 3.25. The van der Waals surface area contributed by atoms with Crippen LogP contribution < -0.4 is 24.3 Å². The van der Waals surface area contributed by atoms with Crippen molar-refractivity contribution in [1.29, 1.82) is 0 Å². The average molecular weight is 395 g/mol. The van der Waals surface area contributed by atoms with Crippen LogP contribution in [-0.2, 0) is 13.0 Å². The lowest BCUT2D eigenvalue weighted by Crippen LogP contribution is -2.05. The van der Waals surface area contributed by atoms with Gasteiger partial charge in [-0.3, -0.25) is 0 Å². The summed E-state index contributed by atoms with van der Waals surface area (Å²) >= 11 is 0. The smallest absolute Gasteiger partial charge is 0.205 e. The molecule has 0 amide bonds. The monoisotopic (exact) mass is 395 g/mol. The van der Waals surface area contributed by atoms with E-state index in [-0.39, 0.29) is 0 Å². The van der Waals surface area contributed by atoms with Crippen LogP contribution in [-0.4, -0.2) is 38.4 Å². The van der Waals surface area contributed by atoms with Gasteiger partial charge in [0.1, 0.15) is 23.4 Å². The fraction of sp³-hybridized carbons (Fsp3) is 0.273. The molecule has 7 nitrogen and oxygen atoms in total. The van der Waals surface area contributed by atoms with Crippen LogP contribution in [0, 0.1) is 0 Å². The minimum Gasteiger partial charge on any atom is -0.496 e. The third-order valence-electron chi connectivity index (χ3n) is 4.60. The normalized spacial score (nSPS) is 10.5. The molecule has 1 heterocycles. The van der Waals surface area contributed by atoms with Gasteiger partial charge >= 0.3 is 0 Å². The standard InChI is InChI=1S/C22H25N3O4/c1-6-7-15-10-14(8-9-17(15)26-2)12-23-22-16-11-18(27-3)20(28-4)21(29-5)19(16)24-13-25-22/h6,8-11,13H,1,7,12H2,2-5H3,(H,23,24,25). The van der Waals surface area contributed by atoms with Gasteiger partial charge in [-0.05, 0) is 29.7 Å². The Morgan fingerprint density at radius 1 is 0.931 bits per heavy atom. The molecule has 1 aromatic heterocycles. The molecule has 0 saturated carbocycles. The number of aromatic nitrogens is 2. The molecule has 2 aromatic carbocycles. The third-order valence-corrected chi connectivity index (χ3v) is 4.60. The second kappa shape index (κ2) is 9.14. The van der Waals surface area contributed by atoms with E-state index in [2.05, 4.69) is 27.9 Å². The van der Waals surface area contributed by atoms with Crippen LogP contribution in [0.2, 0.25) is 0 Å². The number of nitrogens with one attached hydrogen (secondary N) is 1. The Bertz CT molecular complexity index is 1020. The SMILES string of the molecule is C=CCc1cc(CNc2ncnc3c(OC)c(OC)c(OC)cc23)ccc1OC. The van der Waals surface area contributed by atoms with Gasteiger partial charge in [0, 0.05) is 6.54 Å². The third kappa shape index (κ3) is 4.03. The fourth-order valence-electron chi connectivity index (χ4n) is 3.25. The van der Waals surface area contributed by atoms with E-state index < -0.39 is 0 Å². The zero-order valence-electron chi connectivity index (χ0n) is 17.1. The maximum Gasteiger partial charge on any atom is 0.205 e. The number of benzene rings is 2. The van der Waals surface area contributed by atoms with Crippen LogP contribution in [0.25, 0.3) is 10.9 Å². The Labute approximate surface area is 170 Å². The van der Waals surface area contributed by atoms with Gasteiger partial charge in [0.15, 0.2) is 11.5 Å². The summed E-state index contributed by atoms with van der Waals surface area (Å²) in [5.41, 5.74) is 2.83. The molecule has 0 fully saturated rings. The lowest BCUT2D eigenvalue weighted by Gasteiger charge is -2.16. The van der Waals surface area contributed by atoms with Crippen molar-refractivity contribution in [3.8, 4) is 23.0 Å². The quantitative estimate of drug-likeness (QED) is 0.549. The summed E-state index contributed by atoms with van der Waals surface area (Å²) in [6, 6.07) is 7.92. The summed E-state index contributed by atoms with van der Waals surface area (Å²) in [6.07, 6.45) is 4.09. The Kier molecular flexibility index (Phi) is 6.39. The molecule has 0 aliphatic carbocycles. The van der Waals surface area contributed by atoms with Gasteiger partial charge in [-0.1, -0.05) is 18.2 Å². The van der Waals surface area contributed by atoms with Crippen molar-refractivity contribution >= 4 is 16.7 Å². The maximum atomic E-state index is 5.53. The molecule has 152 valence electrons. The van der Waals surface area contributed by atoms with Gasteiger partial charge in [0.25, 0.3) is 0 Å². The Hall–Kier alpha value is -3.48. The van der Waals surface area contributed by atoms with Crippen LogP contribution >= 0.6 is 0 Å². The van der Waals surface area contributed by atoms with Gasteiger partial charge in [0.2, 0.25) is 5.75 Å². The summed E-state index contributed by atoms with van der Waals surface area (Å²) in [5, 5.41) is 4.16. The number of hydrogen-bond acceptors (Lipinski definition) is 7. The van der Waals surface area contributed by atoms with E-state index in [1.807, 2.05) is 24.3 Å². The Morgan fingerprint density at radius 3 is 2.34 bits per heavy atom. The first-order valence-electron chi connectivity index (χ1n) is 9.11. The van der Waals surface area contributed by atoms with E-state index in [1.165, 1.54) is 6.33 Å². The molecule has 3 aromatic rings. The second-order valence-electron chi connectivity index (χ2n) is 6.26. The van der Waals surface area contributed by atoms with E-state index in [0.29, 0.717) is 35.1 Å². The molecular weight excluding hydrogens is 370 g/mol. The molecular formula is C22H25N3O4. The number of rotatable bonds is 9. The van der Waals surface area contributed by atoms with Crippen LogP contribution in [0.4, 0.5) is 5.82 Å². The van der Waals surface area contributed by atoms with E-state index in [1.54, 1.807) is 28.4 Å². The predicted octanol–water partition coefficient (Wildman–Crippen LogP) is 4.00. The van der Waals surface area contributed by atoms with Crippen LogP contribution in [0.1, 0.15) is 11.1 Å². The topological polar surface area (TPSA) is 74.7 Å². The van der Waals surface area contributed by atoms with Gasteiger partial charge < -0.3 is 24.3 Å². The van der Waals surface area contributed by atoms with Gasteiger partial charge in [-0.25, -0.2) is 9.97 Å². The predicted molar refractivity (Wildman–Crippen MR) is 113 cm³/mol. The number of anilines is 1. The maximum absolute atomic E-state index is 5.53. The number of allylic oxidation sites excluding steroid dienone is 1. The van der Waals surface area contributed by atoms with Gasteiger partial charge in [-0.2, -0.15) is 0 Å².